The predicted octanol–water partition coefficient (Wildman–Crippen LogP) is 1.05. The third kappa shape index (κ3) is 2.10. The van der Waals surface area contributed by atoms with Gasteiger partial charge in [0.2, 0.25) is 0 Å². The van der Waals surface area contributed by atoms with Crippen molar-refractivity contribution in [1.29, 1.82) is 0 Å². The number of hydrogen-bond acceptors (Lipinski definition) is 5. The molecular weight excluding hydrogens is 244 g/mol. The number of nitrogens with zero attached hydrogens (tertiary/aromatic N) is 3. The summed E-state index contributed by atoms with van der Waals surface area (Å²) in [4.78, 5) is 18.2. The molecule has 0 radical (unpaired) electrons. The minimum atomic E-state index is -0.463. The standard InChI is InChI=1S/C13H20N4O2/c1-19-13(18)11-12(14)17(8-15-11)10-4-6-16-5-2-3-9(16)7-10/h8-10H,2-7,14H2,1H3. The number of fused-ring (bicyclic) bond motifs is 1. The highest BCUT2D eigenvalue weighted by Crippen LogP contribution is 2.34. The van der Waals surface area contributed by atoms with E-state index in [1.807, 2.05) is 4.57 Å². The first kappa shape index (κ1) is 12.5. The Kier molecular flexibility index (Phi) is 3.18. The van der Waals surface area contributed by atoms with E-state index in [1.165, 1.54) is 26.5 Å². The number of aromatic nitrogens is 2. The molecule has 2 aliphatic rings. The molecule has 2 unspecified atom stereocenters. The number of esters is 1. The van der Waals surface area contributed by atoms with Crippen LogP contribution in [0.1, 0.15) is 42.2 Å². The highest BCUT2D eigenvalue weighted by molar-refractivity contribution is 5.92. The number of imidazole rings is 1. The zero-order valence-corrected chi connectivity index (χ0v) is 11.2. The lowest BCUT2D eigenvalue weighted by atomic mass is 9.97. The average Bonchev–Trinajstić information content (AvgIpc) is 3.03. The Balaban J connectivity index is 1.79. The van der Waals surface area contributed by atoms with Crippen LogP contribution in [0.5, 0.6) is 0 Å². The summed E-state index contributed by atoms with van der Waals surface area (Å²) in [7, 11) is 1.35. The van der Waals surface area contributed by atoms with E-state index in [-0.39, 0.29) is 5.69 Å². The van der Waals surface area contributed by atoms with Crippen LogP contribution in [-0.4, -0.2) is 46.7 Å². The van der Waals surface area contributed by atoms with Gasteiger partial charge in [-0.3, -0.25) is 0 Å². The molecule has 2 aliphatic heterocycles. The first-order chi connectivity index (χ1) is 9.20. The van der Waals surface area contributed by atoms with Gasteiger partial charge >= 0.3 is 5.97 Å². The van der Waals surface area contributed by atoms with Gasteiger partial charge < -0.3 is 19.9 Å². The molecule has 2 saturated heterocycles. The van der Waals surface area contributed by atoms with Crippen molar-refractivity contribution in [3.63, 3.8) is 0 Å². The number of hydrogen-bond donors (Lipinski definition) is 1. The number of ether oxygens (including phenoxy) is 1. The van der Waals surface area contributed by atoms with Crippen LogP contribution < -0.4 is 5.73 Å². The summed E-state index contributed by atoms with van der Waals surface area (Å²) in [5.41, 5.74) is 6.27. The maximum absolute atomic E-state index is 11.5. The number of anilines is 1. The molecule has 0 aromatic carbocycles. The lowest BCUT2D eigenvalue weighted by Gasteiger charge is -2.35. The molecule has 6 heteroatoms. The third-order valence-corrected chi connectivity index (χ3v) is 4.40. The van der Waals surface area contributed by atoms with Crippen LogP contribution in [0.2, 0.25) is 0 Å². The lowest BCUT2D eigenvalue weighted by molar-refractivity contribution is 0.0596. The van der Waals surface area contributed by atoms with Crippen LogP contribution in [0.3, 0.4) is 0 Å². The Bertz CT molecular complexity index is 485. The van der Waals surface area contributed by atoms with Gasteiger partial charge in [0.05, 0.1) is 13.4 Å². The van der Waals surface area contributed by atoms with Crippen molar-refractivity contribution in [1.82, 2.24) is 14.5 Å². The van der Waals surface area contributed by atoms with Crippen LogP contribution in [0.25, 0.3) is 0 Å². The number of rotatable bonds is 2. The lowest BCUT2D eigenvalue weighted by Crippen LogP contribution is -2.38. The highest BCUT2D eigenvalue weighted by Gasteiger charge is 2.33. The van der Waals surface area contributed by atoms with Gasteiger partial charge in [-0.1, -0.05) is 0 Å². The van der Waals surface area contributed by atoms with Crippen molar-refractivity contribution in [3.05, 3.63) is 12.0 Å². The number of carbonyl (C=O) groups excluding carboxylic acids is 1. The molecule has 3 heterocycles. The van der Waals surface area contributed by atoms with Gasteiger partial charge in [0.1, 0.15) is 5.82 Å². The molecule has 1 aromatic rings. The van der Waals surface area contributed by atoms with Gasteiger partial charge in [-0.2, -0.15) is 0 Å². The van der Waals surface area contributed by atoms with Crippen molar-refractivity contribution in [2.45, 2.75) is 37.8 Å². The quantitative estimate of drug-likeness (QED) is 0.808. The van der Waals surface area contributed by atoms with E-state index in [2.05, 4.69) is 14.6 Å². The van der Waals surface area contributed by atoms with Crippen LogP contribution in [0.4, 0.5) is 5.82 Å². The SMILES string of the molecule is COC(=O)c1ncn(C2CCN3CCCC3C2)c1N. The number of methoxy groups -OCH3 is 1. The summed E-state index contributed by atoms with van der Waals surface area (Å²) in [5, 5.41) is 0. The number of carbonyl (C=O) groups is 1. The molecule has 0 amide bonds. The molecule has 6 nitrogen and oxygen atoms in total. The fourth-order valence-electron chi connectivity index (χ4n) is 3.37. The Hall–Kier alpha value is -1.56. The van der Waals surface area contributed by atoms with Crippen LogP contribution >= 0.6 is 0 Å². The fourth-order valence-corrected chi connectivity index (χ4v) is 3.37. The summed E-state index contributed by atoms with van der Waals surface area (Å²) >= 11 is 0. The molecule has 104 valence electrons. The van der Waals surface area contributed by atoms with Gasteiger partial charge in [0, 0.05) is 18.6 Å². The van der Waals surface area contributed by atoms with Gasteiger partial charge in [0.25, 0.3) is 0 Å². The van der Waals surface area contributed by atoms with E-state index in [0.717, 1.165) is 19.4 Å². The molecule has 2 atom stereocenters. The predicted molar refractivity (Wildman–Crippen MR) is 70.8 cm³/mol. The second-order valence-corrected chi connectivity index (χ2v) is 5.39. The van der Waals surface area contributed by atoms with Crippen LogP contribution in [-0.2, 0) is 4.74 Å². The largest absolute Gasteiger partial charge is 0.464 e. The summed E-state index contributed by atoms with van der Waals surface area (Å²) < 4.78 is 6.63. The maximum Gasteiger partial charge on any atom is 0.360 e. The third-order valence-electron chi connectivity index (χ3n) is 4.40. The molecule has 2 N–H and O–H groups in total. The van der Waals surface area contributed by atoms with Crippen LogP contribution in [0.15, 0.2) is 6.33 Å². The van der Waals surface area contributed by atoms with E-state index >= 15 is 0 Å². The molecule has 0 spiro atoms. The first-order valence-corrected chi connectivity index (χ1v) is 6.85. The second-order valence-electron chi connectivity index (χ2n) is 5.39. The maximum atomic E-state index is 11.5. The van der Waals surface area contributed by atoms with Crippen LogP contribution in [0, 0.1) is 0 Å². The number of piperidine rings is 1. The van der Waals surface area contributed by atoms with Crippen molar-refractivity contribution in [2.24, 2.45) is 0 Å². The monoisotopic (exact) mass is 264 g/mol. The first-order valence-electron chi connectivity index (χ1n) is 6.85. The second kappa shape index (κ2) is 4.85. The van der Waals surface area contributed by atoms with Crippen molar-refractivity contribution >= 4 is 11.8 Å². The zero-order valence-electron chi connectivity index (χ0n) is 11.2. The van der Waals surface area contributed by atoms with Crippen molar-refractivity contribution in [2.75, 3.05) is 25.9 Å². The van der Waals surface area contributed by atoms with Gasteiger partial charge in [-0.15, -0.1) is 0 Å². The summed E-state index contributed by atoms with van der Waals surface area (Å²) in [6.07, 6.45) is 6.41. The molecular formula is C13H20N4O2. The van der Waals surface area contributed by atoms with E-state index in [0.29, 0.717) is 17.9 Å². The van der Waals surface area contributed by atoms with E-state index in [1.54, 1.807) is 6.33 Å². The smallest absolute Gasteiger partial charge is 0.360 e. The van der Waals surface area contributed by atoms with Gasteiger partial charge in [-0.25, -0.2) is 9.78 Å². The van der Waals surface area contributed by atoms with Gasteiger partial charge in [0.15, 0.2) is 5.69 Å². The highest BCUT2D eigenvalue weighted by atomic mass is 16.5. The van der Waals surface area contributed by atoms with Crippen molar-refractivity contribution < 1.29 is 9.53 Å². The average molecular weight is 264 g/mol. The molecule has 0 saturated carbocycles. The minimum Gasteiger partial charge on any atom is -0.464 e. The molecule has 3 rings (SSSR count). The molecule has 19 heavy (non-hydrogen) atoms. The van der Waals surface area contributed by atoms with E-state index in [9.17, 15) is 4.79 Å². The zero-order chi connectivity index (χ0) is 13.4. The van der Waals surface area contributed by atoms with Gasteiger partial charge in [-0.05, 0) is 32.2 Å². The number of nitrogen functional groups attached to an aromatic ring is 1. The molecule has 2 fully saturated rings. The van der Waals surface area contributed by atoms with E-state index < -0.39 is 5.97 Å². The Labute approximate surface area is 112 Å². The number of nitrogens with two attached hydrogens (primary N) is 1. The van der Waals surface area contributed by atoms with Crippen molar-refractivity contribution in [3.8, 4) is 0 Å². The molecule has 0 bridgehead atoms. The summed E-state index contributed by atoms with van der Waals surface area (Å²) in [6, 6.07) is 1.02. The van der Waals surface area contributed by atoms with E-state index in [4.69, 9.17) is 5.73 Å². The Morgan fingerprint density at radius 3 is 3.05 bits per heavy atom. The summed E-state index contributed by atoms with van der Waals surface area (Å²) in [5.74, 6) is -0.0298. The minimum absolute atomic E-state index is 0.233. The molecule has 1 aromatic heterocycles. The fraction of sp³-hybridized carbons (Fsp3) is 0.692. The summed E-state index contributed by atoms with van der Waals surface area (Å²) in [6.45, 7) is 2.34. The topological polar surface area (TPSA) is 73.4 Å². The Morgan fingerprint density at radius 2 is 2.26 bits per heavy atom. The normalized spacial score (nSPS) is 27.2. The Morgan fingerprint density at radius 1 is 1.42 bits per heavy atom. The molecule has 0 aliphatic carbocycles.